The summed E-state index contributed by atoms with van der Waals surface area (Å²) >= 11 is 0. The van der Waals surface area contributed by atoms with Crippen molar-refractivity contribution in [1.82, 2.24) is 10.2 Å². The fraction of sp³-hybridized carbons (Fsp3) is 0.938. The Morgan fingerprint density at radius 3 is 2.35 bits per heavy atom. The van der Waals surface area contributed by atoms with Gasteiger partial charge in [-0.05, 0) is 38.8 Å². The van der Waals surface area contributed by atoms with Crippen LogP contribution in [-0.4, -0.2) is 49.7 Å². The number of carbonyl (C=O) groups is 1. The van der Waals surface area contributed by atoms with Crippen molar-refractivity contribution in [1.29, 1.82) is 0 Å². The molecule has 1 atom stereocenters. The van der Waals surface area contributed by atoms with E-state index < -0.39 is 5.54 Å². The van der Waals surface area contributed by atoms with E-state index in [1.165, 1.54) is 26.4 Å². The van der Waals surface area contributed by atoms with E-state index in [4.69, 9.17) is 4.74 Å². The van der Waals surface area contributed by atoms with Crippen LogP contribution < -0.4 is 5.32 Å². The molecule has 0 saturated heterocycles. The van der Waals surface area contributed by atoms with E-state index in [2.05, 4.69) is 24.1 Å². The molecule has 1 saturated carbocycles. The number of methoxy groups -OCH3 is 1. The first-order valence-electron chi connectivity index (χ1n) is 8.14. The average molecular weight is 284 g/mol. The fourth-order valence-corrected chi connectivity index (χ4v) is 3.29. The summed E-state index contributed by atoms with van der Waals surface area (Å²) in [7, 11) is 1.50. The van der Waals surface area contributed by atoms with Crippen LogP contribution in [0.5, 0.6) is 0 Å². The van der Waals surface area contributed by atoms with Gasteiger partial charge in [0.25, 0.3) is 0 Å². The number of hydrogen-bond donors (Lipinski definition) is 1. The van der Waals surface area contributed by atoms with Crippen LogP contribution >= 0.6 is 0 Å². The van der Waals surface area contributed by atoms with Gasteiger partial charge in [0, 0.05) is 13.1 Å². The number of likely N-dealkylation sites (N-methyl/N-ethyl adjacent to an activating group) is 1. The number of nitrogens with zero attached hydrogens (tertiary/aromatic N) is 1. The van der Waals surface area contributed by atoms with E-state index >= 15 is 0 Å². The molecule has 0 bridgehead atoms. The van der Waals surface area contributed by atoms with Crippen LogP contribution in [0.3, 0.4) is 0 Å². The molecule has 1 aliphatic rings. The third kappa shape index (κ3) is 4.45. The molecule has 1 unspecified atom stereocenters. The summed E-state index contributed by atoms with van der Waals surface area (Å²) < 4.78 is 5.06. The highest BCUT2D eigenvalue weighted by Gasteiger charge is 2.42. The monoisotopic (exact) mass is 284 g/mol. The number of carbonyl (C=O) groups excluding carboxylic acids is 1. The summed E-state index contributed by atoms with van der Waals surface area (Å²) in [6, 6.07) is 0. The Bertz CT molecular complexity index is 286. The first-order chi connectivity index (χ1) is 9.58. The Kier molecular flexibility index (Phi) is 7.52. The van der Waals surface area contributed by atoms with Crippen molar-refractivity contribution in [3.8, 4) is 0 Å². The second kappa shape index (κ2) is 8.63. The van der Waals surface area contributed by atoms with Gasteiger partial charge in [-0.15, -0.1) is 0 Å². The minimum absolute atomic E-state index is 0.107. The van der Waals surface area contributed by atoms with E-state index in [1.54, 1.807) is 0 Å². The molecule has 0 aromatic carbocycles. The van der Waals surface area contributed by atoms with Gasteiger partial charge in [-0.1, -0.05) is 33.1 Å². The zero-order valence-corrected chi connectivity index (χ0v) is 13.7. The lowest BCUT2D eigenvalue weighted by molar-refractivity contribution is -0.151. The minimum Gasteiger partial charge on any atom is -0.468 e. The topological polar surface area (TPSA) is 41.6 Å². The number of esters is 1. The summed E-state index contributed by atoms with van der Waals surface area (Å²) in [5.41, 5.74) is -0.525. The standard InChI is InChI=1S/C16H32N2O2/c1-5-18(6-2)13-12-17-16(3,15(19)20-4)14-10-8-7-9-11-14/h14,17H,5-13H2,1-4H3. The van der Waals surface area contributed by atoms with E-state index in [0.717, 1.165) is 39.0 Å². The van der Waals surface area contributed by atoms with Crippen LogP contribution in [0.15, 0.2) is 0 Å². The van der Waals surface area contributed by atoms with Crippen LogP contribution in [-0.2, 0) is 9.53 Å². The molecule has 0 amide bonds. The van der Waals surface area contributed by atoms with Crippen molar-refractivity contribution in [2.45, 2.75) is 58.4 Å². The third-order valence-electron chi connectivity index (χ3n) is 4.85. The summed E-state index contributed by atoms with van der Waals surface area (Å²) in [5.74, 6) is 0.296. The predicted molar refractivity (Wildman–Crippen MR) is 82.8 cm³/mol. The van der Waals surface area contributed by atoms with E-state index in [-0.39, 0.29) is 5.97 Å². The van der Waals surface area contributed by atoms with E-state index in [0.29, 0.717) is 5.92 Å². The molecule has 1 fully saturated rings. The maximum Gasteiger partial charge on any atom is 0.326 e. The number of nitrogens with one attached hydrogen (secondary N) is 1. The van der Waals surface area contributed by atoms with Crippen LogP contribution in [0.4, 0.5) is 0 Å². The van der Waals surface area contributed by atoms with Crippen LogP contribution in [0.2, 0.25) is 0 Å². The molecule has 1 rings (SSSR count). The largest absolute Gasteiger partial charge is 0.468 e. The maximum absolute atomic E-state index is 12.2. The smallest absolute Gasteiger partial charge is 0.326 e. The summed E-state index contributed by atoms with van der Waals surface area (Å²) in [4.78, 5) is 14.6. The van der Waals surface area contributed by atoms with Crippen molar-refractivity contribution < 1.29 is 9.53 Å². The highest BCUT2D eigenvalue weighted by atomic mass is 16.5. The van der Waals surface area contributed by atoms with E-state index in [1.807, 2.05) is 6.92 Å². The van der Waals surface area contributed by atoms with Gasteiger partial charge in [0.05, 0.1) is 7.11 Å². The van der Waals surface area contributed by atoms with Crippen LogP contribution in [0.25, 0.3) is 0 Å². The second-order valence-corrected chi connectivity index (χ2v) is 5.98. The lowest BCUT2D eigenvalue weighted by Gasteiger charge is -2.38. The summed E-state index contributed by atoms with van der Waals surface area (Å²) in [6.45, 7) is 10.3. The van der Waals surface area contributed by atoms with Gasteiger partial charge in [-0.2, -0.15) is 0 Å². The molecular formula is C16H32N2O2. The zero-order valence-electron chi connectivity index (χ0n) is 13.7. The normalized spacial score (nSPS) is 19.9. The van der Waals surface area contributed by atoms with Gasteiger partial charge >= 0.3 is 5.97 Å². The lowest BCUT2D eigenvalue weighted by atomic mass is 9.75. The fourth-order valence-electron chi connectivity index (χ4n) is 3.29. The molecule has 0 heterocycles. The molecular weight excluding hydrogens is 252 g/mol. The number of rotatable bonds is 8. The maximum atomic E-state index is 12.2. The predicted octanol–water partition coefficient (Wildman–Crippen LogP) is 2.43. The highest BCUT2D eigenvalue weighted by Crippen LogP contribution is 2.33. The average Bonchev–Trinajstić information content (AvgIpc) is 2.51. The Morgan fingerprint density at radius 1 is 1.25 bits per heavy atom. The Labute approximate surface area is 124 Å². The van der Waals surface area contributed by atoms with E-state index in [9.17, 15) is 4.79 Å². The van der Waals surface area contributed by atoms with Gasteiger partial charge in [0.2, 0.25) is 0 Å². The first kappa shape index (κ1) is 17.4. The summed E-state index contributed by atoms with van der Waals surface area (Å²) in [5, 5.41) is 3.50. The number of ether oxygens (including phenoxy) is 1. The van der Waals surface area contributed by atoms with Crippen LogP contribution in [0, 0.1) is 5.92 Å². The summed E-state index contributed by atoms with van der Waals surface area (Å²) in [6.07, 6.45) is 6.02. The molecule has 0 radical (unpaired) electrons. The van der Waals surface area contributed by atoms with Crippen molar-refractivity contribution in [2.75, 3.05) is 33.3 Å². The van der Waals surface area contributed by atoms with Crippen LogP contribution in [0.1, 0.15) is 52.9 Å². The quantitative estimate of drug-likeness (QED) is 0.695. The molecule has 4 heteroatoms. The molecule has 0 spiro atoms. The van der Waals surface area contributed by atoms with Crippen molar-refractivity contribution in [3.05, 3.63) is 0 Å². The Morgan fingerprint density at radius 2 is 1.85 bits per heavy atom. The molecule has 1 N–H and O–H groups in total. The van der Waals surface area contributed by atoms with Crippen molar-refractivity contribution in [2.24, 2.45) is 5.92 Å². The molecule has 0 aromatic rings. The van der Waals surface area contributed by atoms with Gasteiger partial charge in [-0.25, -0.2) is 0 Å². The number of hydrogen-bond acceptors (Lipinski definition) is 4. The van der Waals surface area contributed by atoms with Gasteiger partial charge in [0.1, 0.15) is 5.54 Å². The zero-order chi connectivity index (χ0) is 15.0. The second-order valence-electron chi connectivity index (χ2n) is 5.98. The molecule has 0 aliphatic heterocycles. The molecule has 1 aliphatic carbocycles. The Balaban J connectivity index is 2.61. The third-order valence-corrected chi connectivity index (χ3v) is 4.85. The minimum atomic E-state index is -0.525. The molecule has 20 heavy (non-hydrogen) atoms. The first-order valence-corrected chi connectivity index (χ1v) is 8.14. The van der Waals surface area contributed by atoms with Gasteiger partial charge < -0.3 is 15.0 Å². The highest BCUT2D eigenvalue weighted by molar-refractivity contribution is 5.80. The molecule has 118 valence electrons. The lowest BCUT2D eigenvalue weighted by Crippen LogP contribution is -2.57. The SMILES string of the molecule is CCN(CC)CCNC(C)(C(=O)OC)C1CCCCC1. The van der Waals surface area contributed by atoms with Gasteiger partial charge in [-0.3, -0.25) is 4.79 Å². The van der Waals surface area contributed by atoms with Crippen molar-refractivity contribution in [3.63, 3.8) is 0 Å². The van der Waals surface area contributed by atoms with Gasteiger partial charge in [0.15, 0.2) is 0 Å². The molecule has 4 nitrogen and oxygen atoms in total. The van der Waals surface area contributed by atoms with Crippen molar-refractivity contribution >= 4 is 5.97 Å². The Hall–Kier alpha value is -0.610. The molecule has 0 aromatic heterocycles.